The molecule has 1 N–H and O–H groups in total. The molecule has 100 valence electrons. The maximum absolute atomic E-state index is 11.4. The number of methoxy groups -OCH3 is 1. The van der Waals surface area contributed by atoms with E-state index in [9.17, 15) is 4.79 Å². The number of hydrogen-bond acceptors (Lipinski definition) is 5. The highest BCUT2D eigenvalue weighted by atomic mass is 16.5. The molecule has 0 spiro atoms. The number of anilines is 1. The minimum absolute atomic E-state index is 0.126. The number of carbonyl (C=O) groups excluding carboxylic acids is 1. The Hall–Kier alpha value is -1.65. The molecule has 3 aliphatic rings. The first-order valence-corrected chi connectivity index (χ1v) is 6.96. The Kier molecular flexibility index (Phi) is 2.31. The van der Waals surface area contributed by atoms with Crippen molar-refractivity contribution in [3.05, 3.63) is 18.1 Å². The largest absolute Gasteiger partial charge is 0.463 e. The summed E-state index contributed by atoms with van der Waals surface area (Å²) in [5.41, 5.74) is 0. The molecule has 0 aliphatic heterocycles. The van der Waals surface area contributed by atoms with Gasteiger partial charge in [0.25, 0.3) is 0 Å². The topological polar surface area (TPSA) is 64.1 Å². The van der Waals surface area contributed by atoms with Gasteiger partial charge in [-0.25, -0.2) is 14.8 Å². The van der Waals surface area contributed by atoms with Crippen LogP contribution in [0.3, 0.4) is 0 Å². The number of carbonyl (C=O) groups is 1. The van der Waals surface area contributed by atoms with E-state index in [1.807, 2.05) is 6.07 Å². The van der Waals surface area contributed by atoms with Crippen LogP contribution in [-0.4, -0.2) is 29.1 Å². The zero-order valence-electron chi connectivity index (χ0n) is 10.9. The molecule has 1 aromatic rings. The highest BCUT2D eigenvalue weighted by molar-refractivity contribution is 5.85. The first-order valence-electron chi connectivity index (χ1n) is 6.96. The lowest BCUT2D eigenvalue weighted by atomic mass is 10.0. The summed E-state index contributed by atoms with van der Waals surface area (Å²) in [4.78, 5) is 19.6. The van der Waals surface area contributed by atoms with E-state index in [0.29, 0.717) is 6.04 Å². The molecular weight excluding hydrogens is 242 g/mol. The normalized spacial score (nSPS) is 37.8. The van der Waals surface area contributed by atoms with Gasteiger partial charge in [0.15, 0.2) is 0 Å². The Morgan fingerprint density at radius 3 is 2.79 bits per heavy atom. The van der Waals surface area contributed by atoms with Crippen LogP contribution < -0.4 is 5.32 Å². The van der Waals surface area contributed by atoms with E-state index in [0.717, 1.165) is 29.5 Å². The smallest absolute Gasteiger partial charge is 0.376 e. The predicted molar refractivity (Wildman–Crippen MR) is 68.6 cm³/mol. The molecule has 4 rings (SSSR count). The van der Waals surface area contributed by atoms with Gasteiger partial charge in [0.2, 0.25) is 5.82 Å². The molecule has 1 aromatic heterocycles. The molecule has 1 heterocycles. The summed E-state index contributed by atoms with van der Waals surface area (Å²) in [6.45, 7) is 0. The summed E-state index contributed by atoms with van der Waals surface area (Å²) in [7, 11) is 1.34. The van der Waals surface area contributed by atoms with Crippen LogP contribution in [0.2, 0.25) is 0 Å². The van der Waals surface area contributed by atoms with Gasteiger partial charge in [-0.05, 0) is 49.0 Å². The molecule has 4 atom stereocenters. The summed E-state index contributed by atoms with van der Waals surface area (Å²) in [5, 5.41) is 3.48. The third-order valence-corrected chi connectivity index (χ3v) is 5.07. The van der Waals surface area contributed by atoms with Crippen LogP contribution in [0.15, 0.2) is 12.3 Å². The fraction of sp³-hybridized carbons (Fsp3) is 0.643. The fourth-order valence-electron chi connectivity index (χ4n) is 4.32. The Bertz CT molecular complexity index is 517. The summed E-state index contributed by atoms with van der Waals surface area (Å²) >= 11 is 0. The molecule has 5 nitrogen and oxygen atoms in total. The Labute approximate surface area is 111 Å². The van der Waals surface area contributed by atoms with E-state index in [2.05, 4.69) is 20.0 Å². The van der Waals surface area contributed by atoms with Gasteiger partial charge < -0.3 is 10.1 Å². The highest BCUT2D eigenvalue weighted by Gasteiger charge is 2.65. The standard InChI is InChI=1S/C14H17N3O2/c1-19-14(18)13-15-5-4-9(17-13)16-12-10-7-2-3-8(6-7)11(10)12/h4-5,7-8,10-12H,2-3,6H2,1H3,(H,15,16,17). The van der Waals surface area contributed by atoms with Crippen molar-refractivity contribution < 1.29 is 9.53 Å². The molecule has 3 fully saturated rings. The van der Waals surface area contributed by atoms with E-state index in [-0.39, 0.29) is 5.82 Å². The van der Waals surface area contributed by atoms with Crippen LogP contribution in [0.25, 0.3) is 0 Å². The third-order valence-electron chi connectivity index (χ3n) is 5.07. The van der Waals surface area contributed by atoms with Crippen molar-refractivity contribution in [3.8, 4) is 0 Å². The van der Waals surface area contributed by atoms with Crippen LogP contribution in [0.4, 0.5) is 5.82 Å². The van der Waals surface area contributed by atoms with Crippen molar-refractivity contribution in [2.75, 3.05) is 12.4 Å². The van der Waals surface area contributed by atoms with E-state index >= 15 is 0 Å². The Morgan fingerprint density at radius 2 is 2.11 bits per heavy atom. The van der Waals surface area contributed by atoms with Crippen molar-refractivity contribution >= 4 is 11.8 Å². The Balaban J connectivity index is 1.48. The summed E-state index contributed by atoms with van der Waals surface area (Å²) in [6.07, 6.45) is 5.85. The average molecular weight is 259 g/mol. The predicted octanol–water partition coefficient (Wildman–Crippen LogP) is 1.72. The maximum atomic E-state index is 11.4. The summed E-state index contributed by atoms with van der Waals surface area (Å²) < 4.78 is 4.64. The van der Waals surface area contributed by atoms with Gasteiger partial charge in [0.05, 0.1) is 7.11 Å². The number of rotatable bonds is 3. The van der Waals surface area contributed by atoms with E-state index < -0.39 is 5.97 Å². The molecule has 0 radical (unpaired) electrons. The quantitative estimate of drug-likeness (QED) is 0.837. The minimum Gasteiger partial charge on any atom is -0.463 e. The van der Waals surface area contributed by atoms with Crippen LogP contribution >= 0.6 is 0 Å². The van der Waals surface area contributed by atoms with Gasteiger partial charge in [-0.3, -0.25) is 0 Å². The molecule has 3 aliphatic carbocycles. The second-order valence-electron chi connectivity index (χ2n) is 5.92. The Morgan fingerprint density at radius 1 is 1.37 bits per heavy atom. The van der Waals surface area contributed by atoms with Crippen LogP contribution in [0.5, 0.6) is 0 Å². The minimum atomic E-state index is -0.486. The third kappa shape index (κ3) is 1.64. The van der Waals surface area contributed by atoms with Gasteiger partial charge in [-0.15, -0.1) is 0 Å². The second-order valence-corrected chi connectivity index (χ2v) is 5.92. The van der Waals surface area contributed by atoms with Gasteiger partial charge in [0, 0.05) is 12.2 Å². The maximum Gasteiger partial charge on any atom is 0.376 e. The summed E-state index contributed by atoms with van der Waals surface area (Å²) in [5.74, 6) is 3.92. The SMILES string of the molecule is COC(=O)c1nccc(NC2C3C4CCC(C4)C23)n1. The van der Waals surface area contributed by atoms with Gasteiger partial charge >= 0.3 is 5.97 Å². The molecule has 5 heteroatoms. The molecule has 0 saturated heterocycles. The van der Waals surface area contributed by atoms with Crippen molar-refractivity contribution in [3.63, 3.8) is 0 Å². The number of esters is 1. The van der Waals surface area contributed by atoms with E-state index in [1.54, 1.807) is 6.20 Å². The molecule has 3 saturated carbocycles. The zero-order chi connectivity index (χ0) is 13.0. The van der Waals surface area contributed by atoms with Crippen molar-refractivity contribution in [1.82, 2.24) is 9.97 Å². The molecule has 19 heavy (non-hydrogen) atoms. The fourth-order valence-corrected chi connectivity index (χ4v) is 4.32. The van der Waals surface area contributed by atoms with Crippen LogP contribution in [-0.2, 0) is 4.74 Å². The van der Waals surface area contributed by atoms with E-state index in [4.69, 9.17) is 0 Å². The molecule has 2 bridgehead atoms. The average Bonchev–Trinajstić information content (AvgIpc) is 2.85. The van der Waals surface area contributed by atoms with Gasteiger partial charge in [-0.2, -0.15) is 0 Å². The lowest BCUT2D eigenvalue weighted by Crippen LogP contribution is -2.15. The van der Waals surface area contributed by atoms with Gasteiger partial charge in [0.1, 0.15) is 5.82 Å². The van der Waals surface area contributed by atoms with Crippen LogP contribution in [0, 0.1) is 23.7 Å². The first kappa shape index (κ1) is 11.2. The van der Waals surface area contributed by atoms with Crippen molar-refractivity contribution in [2.24, 2.45) is 23.7 Å². The number of nitrogens with zero attached hydrogens (tertiary/aromatic N) is 2. The first-order chi connectivity index (χ1) is 9.28. The monoisotopic (exact) mass is 259 g/mol. The number of nitrogens with one attached hydrogen (secondary N) is 1. The molecule has 0 amide bonds. The second kappa shape index (κ2) is 3.92. The number of ether oxygens (including phenoxy) is 1. The molecule has 0 aromatic carbocycles. The molecule has 4 unspecified atom stereocenters. The summed E-state index contributed by atoms with van der Waals surface area (Å²) in [6, 6.07) is 2.38. The number of aromatic nitrogens is 2. The van der Waals surface area contributed by atoms with E-state index in [1.165, 1.54) is 26.4 Å². The molecular formula is C14H17N3O2. The lowest BCUT2D eigenvalue weighted by Gasteiger charge is -2.11. The number of hydrogen-bond donors (Lipinski definition) is 1. The lowest BCUT2D eigenvalue weighted by molar-refractivity contribution is 0.0587. The number of fused-ring (bicyclic) bond motifs is 5. The van der Waals surface area contributed by atoms with Crippen LogP contribution in [0.1, 0.15) is 29.9 Å². The van der Waals surface area contributed by atoms with Crippen molar-refractivity contribution in [1.29, 1.82) is 0 Å². The van der Waals surface area contributed by atoms with Gasteiger partial charge in [-0.1, -0.05) is 0 Å². The zero-order valence-corrected chi connectivity index (χ0v) is 10.9. The highest BCUT2D eigenvalue weighted by Crippen LogP contribution is 2.66. The van der Waals surface area contributed by atoms with Crippen molar-refractivity contribution in [2.45, 2.75) is 25.3 Å².